The van der Waals surface area contributed by atoms with E-state index < -0.39 is 18.1 Å². The van der Waals surface area contributed by atoms with Crippen LogP contribution in [0.15, 0.2) is 22.8 Å². The van der Waals surface area contributed by atoms with Crippen LogP contribution in [0.3, 0.4) is 0 Å². The molecule has 3 N–H and O–H groups in total. The molecule has 0 radical (unpaired) electrons. The number of aliphatic hydroxyl groups excluding tert-OH is 1. The van der Waals surface area contributed by atoms with Crippen molar-refractivity contribution in [2.24, 2.45) is 45.1 Å². The Bertz CT molecular complexity index is 974. The van der Waals surface area contributed by atoms with E-state index in [1.54, 1.807) is 12.5 Å². The summed E-state index contributed by atoms with van der Waals surface area (Å²) in [6.45, 7) is 20.9. The van der Waals surface area contributed by atoms with Gasteiger partial charge >= 0.3 is 5.97 Å². The van der Waals surface area contributed by atoms with Crippen molar-refractivity contribution in [3.05, 3.63) is 22.8 Å². The lowest BCUT2D eigenvalue weighted by atomic mass is 9.43. The number of aliphatic hydroxyl groups is 1. The second-order valence-electron chi connectivity index (χ2n) is 15.2. The number of nitrogens with two attached hydrogens (primary N) is 1. The van der Waals surface area contributed by atoms with Crippen LogP contribution in [0, 0.1) is 39.4 Å². The van der Waals surface area contributed by atoms with Gasteiger partial charge in [0.2, 0.25) is 0 Å². The molecule has 4 rings (SSSR count). The highest BCUT2D eigenvalue weighted by Crippen LogP contribution is 2.72. The predicted octanol–water partition coefficient (Wildman–Crippen LogP) is 7.74. The average molecular weight is 528 g/mol. The molecule has 0 aromatic heterocycles. The summed E-state index contributed by atoms with van der Waals surface area (Å²) in [5, 5.41) is 9.81. The van der Waals surface area contributed by atoms with Gasteiger partial charge in [-0.15, -0.1) is 0 Å². The van der Waals surface area contributed by atoms with Gasteiger partial charge in [0.25, 0.3) is 0 Å². The van der Waals surface area contributed by atoms with Crippen molar-refractivity contribution in [2.75, 3.05) is 0 Å². The highest BCUT2D eigenvalue weighted by Gasteiger charge is 2.63. The smallest absolute Gasteiger partial charge is 0.325 e. The number of carbonyl (C=O) groups excluding carboxylic acids is 1. The van der Waals surface area contributed by atoms with Gasteiger partial charge in [-0.2, -0.15) is 0 Å². The second-order valence-corrected chi connectivity index (χ2v) is 15.2. The summed E-state index contributed by atoms with van der Waals surface area (Å²) < 4.78 is 6.01. The van der Waals surface area contributed by atoms with E-state index in [1.807, 2.05) is 5.57 Å². The van der Waals surface area contributed by atoms with Crippen molar-refractivity contribution < 1.29 is 14.6 Å². The van der Waals surface area contributed by atoms with Crippen molar-refractivity contribution in [3.8, 4) is 0 Å². The Morgan fingerprint density at radius 3 is 2.34 bits per heavy atom. The summed E-state index contributed by atoms with van der Waals surface area (Å²) in [5.41, 5.74) is 11.7. The zero-order chi connectivity index (χ0) is 28.3. The molecule has 4 nitrogen and oxygen atoms in total. The third-order valence-corrected chi connectivity index (χ3v) is 12.7. The number of hydrogen-bond donors (Lipinski definition) is 2. The fraction of sp³-hybridized carbons (Fsp3) is 0.853. The summed E-state index contributed by atoms with van der Waals surface area (Å²) in [6.07, 6.45) is 13.4. The highest BCUT2D eigenvalue weighted by molar-refractivity contribution is 5.76. The van der Waals surface area contributed by atoms with Gasteiger partial charge in [-0.25, -0.2) is 0 Å². The van der Waals surface area contributed by atoms with Gasteiger partial charge < -0.3 is 15.6 Å². The molecule has 0 saturated heterocycles. The lowest BCUT2D eigenvalue weighted by molar-refractivity contribution is -0.173. The Morgan fingerprint density at radius 1 is 1.03 bits per heavy atom. The SMILES string of the molecule is CC(C)=CCC[C@@H](C)[C@H]1CC[C@@]2(C)C3=C(CC[C@]12C)[C@@]1(C)CC[C@H](OC(=O)[C@@H](N)[C@@H](C)O)C(C)(C)C1CC3. The van der Waals surface area contributed by atoms with Crippen molar-refractivity contribution in [2.45, 2.75) is 145 Å². The van der Waals surface area contributed by atoms with Gasteiger partial charge in [-0.3, -0.25) is 4.79 Å². The number of allylic oxidation sites excluding steroid dienone is 4. The van der Waals surface area contributed by atoms with E-state index in [2.05, 4.69) is 61.5 Å². The van der Waals surface area contributed by atoms with E-state index in [-0.39, 0.29) is 16.9 Å². The molecule has 0 aromatic rings. The minimum atomic E-state index is -0.976. The topological polar surface area (TPSA) is 72.5 Å². The summed E-state index contributed by atoms with van der Waals surface area (Å²) in [6, 6.07) is -0.976. The van der Waals surface area contributed by atoms with Gasteiger partial charge in [0.15, 0.2) is 0 Å². The summed E-state index contributed by atoms with van der Waals surface area (Å²) >= 11 is 0. The summed E-state index contributed by atoms with van der Waals surface area (Å²) in [7, 11) is 0. The van der Waals surface area contributed by atoms with Crippen LogP contribution in [-0.2, 0) is 9.53 Å². The van der Waals surface area contributed by atoms with E-state index in [0.717, 1.165) is 24.7 Å². The van der Waals surface area contributed by atoms with Crippen molar-refractivity contribution in [1.82, 2.24) is 0 Å². The van der Waals surface area contributed by atoms with Crippen LogP contribution in [0.5, 0.6) is 0 Å². The van der Waals surface area contributed by atoms with Gasteiger partial charge in [-0.05, 0) is 119 Å². The van der Waals surface area contributed by atoms with Crippen LogP contribution in [-0.4, -0.2) is 29.3 Å². The van der Waals surface area contributed by atoms with Gasteiger partial charge in [-0.1, -0.05) is 64.3 Å². The van der Waals surface area contributed by atoms with Crippen LogP contribution in [0.25, 0.3) is 0 Å². The average Bonchev–Trinajstić information content (AvgIpc) is 3.11. The summed E-state index contributed by atoms with van der Waals surface area (Å²) in [5.74, 6) is 1.59. The molecule has 38 heavy (non-hydrogen) atoms. The van der Waals surface area contributed by atoms with Crippen molar-refractivity contribution in [1.29, 1.82) is 0 Å². The Balaban J connectivity index is 1.58. The number of ether oxygens (including phenoxy) is 1. The van der Waals surface area contributed by atoms with Crippen molar-refractivity contribution in [3.63, 3.8) is 0 Å². The van der Waals surface area contributed by atoms with E-state index >= 15 is 0 Å². The van der Waals surface area contributed by atoms with E-state index in [9.17, 15) is 9.90 Å². The molecule has 0 aromatic carbocycles. The maximum absolute atomic E-state index is 12.7. The fourth-order valence-corrected chi connectivity index (χ4v) is 10.1. The number of carbonyl (C=O) groups is 1. The Kier molecular flexibility index (Phi) is 8.14. The fourth-order valence-electron chi connectivity index (χ4n) is 10.1. The lowest BCUT2D eigenvalue weighted by Gasteiger charge is -2.62. The molecular weight excluding hydrogens is 470 g/mol. The zero-order valence-electron chi connectivity index (χ0n) is 26.0. The van der Waals surface area contributed by atoms with Gasteiger partial charge in [0.1, 0.15) is 12.1 Å². The first-order valence-corrected chi connectivity index (χ1v) is 15.6. The maximum atomic E-state index is 12.7. The van der Waals surface area contributed by atoms with Gasteiger partial charge in [0.05, 0.1) is 6.10 Å². The zero-order valence-corrected chi connectivity index (χ0v) is 26.0. The summed E-state index contributed by atoms with van der Waals surface area (Å²) in [4.78, 5) is 12.7. The van der Waals surface area contributed by atoms with Crippen LogP contribution in [0.2, 0.25) is 0 Å². The van der Waals surface area contributed by atoms with E-state index in [1.165, 1.54) is 56.9 Å². The minimum absolute atomic E-state index is 0.126. The van der Waals surface area contributed by atoms with Crippen molar-refractivity contribution >= 4 is 5.97 Å². The molecule has 2 fully saturated rings. The molecule has 0 aliphatic heterocycles. The molecule has 4 aliphatic carbocycles. The molecule has 1 unspecified atom stereocenters. The maximum Gasteiger partial charge on any atom is 0.325 e. The molecule has 216 valence electrons. The first-order valence-electron chi connectivity index (χ1n) is 15.6. The molecule has 4 heteroatoms. The first-order chi connectivity index (χ1) is 17.6. The number of esters is 1. The van der Waals surface area contributed by atoms with Crippen LogP contribution in [0.1, 0.15) is 127 Å². The molecule has 9 atom stereocenters. The van der Waals surface area contributed by atoms with Gasteiger partial charge in [0, 0.05) is 5.41 Å². The third kappa shape index (κ3) is 4.64. The lowest BCUT2D eigenvalue weighted by Crippen LogP contribution is -2.56. The number of hydrogen-bond acceptors (Lipinski definition) is 4. The molecule has 2 saturated carbocycles. The Hall–Kier alpha value is -1.13. The van der Waals surface area contributed by atoms with Crippen LogP contribution < -0.4 is 5.73 Å². The second kappa shape index (κ2) is 10.4. The normalized spacial score (nSPS) is 40.3. The molecule has 0 spiro atoms. The number of fused-ring (bicyclic) bond motifs is 4. The molecular formula is C34H57NO3. The Labute approximate surface area is 233 Å². The number of rotatable bonds is 7. The largest absolute Gasteiger partial charge is 0.461 e. The third-order valence-electron chi connectivity index (χ3n) is 12.7. The monoisotopic (exact) mass is 527 g/mol. The minimum Gasteiger partial charge on any atom is -0.461 e. The molecule has 0 bridgehead atoms. The first kappa shape index (κ1) is 29.8. The quantitative estimate of drug-likeness (QED) is 0.262. The molecule has 0 amide bonds. The Morgan fingerprint density at radius 2 is 1.71 bits per heavy atom. The molecule has 4 aliphatic rings. The van der Waals surface area contributed by atoms with Crippen LogP contribution in [0.4, 0.5) is 0 Å². The predicted molar refractivity (Wildman–Crippen MR) is 156 cm³/mol. The van der Waals surface area contributed by atoms with E-state index in [4.69, 9.17) is 10.5 Å². The van der Waals surface area contributed by atoms with Crippen LogP contribution >= 0.6 is 0 Å². The highest BCUT2D eigenvalue weighted by atomic mass is 16.5. The van der Waals surface area contributed by atoms with E-state index in [0.29, 0.717) is 16.7 Å². The molecule has 0 heterocycles. The standard InChI is InChI=1S/C34H57NO3/c1-21(2)11-10-12-22(3)24-15-19-34(9)26-13-14-27-31(5,6)28(38-30(37)29(35)23(4)36)17-18-32(27,7)25(26)16-20-33(24,34)8/h11,22-24,27-29,36H,10,12-20,35H2,1-9H3/t22-,23-,24-,27?,28+,29+,32-,33-,34+/m1/s1.